The van der Waals surface area contributed by atoms with Gasteiger partial charge in [0.2, 0.25) is 0 Å². The molecule has 0 saturated carbocycles. The van der Waals surface area contributed by atoms with Gasteiger partial charge >= 0.3 is 5.97 Å². The zero-order chi connectivity index (χ0) is 20.6. The lowest BCUT2D eigenvalue weighted by Gasteiger charge is -2.29. The number of ether oxygens (including phenoxy) is 1. The van der Waals surface area contributed by atoms with Gasteiger partial charge in [-0.3, -0.25) is 9.69 Å². The molecule has 0 aliphatic heterocycles. The van der Waals surface area contributed by atoms with Gasteiger partial charge in [0.05, 0.1) is 6.61 Å². The Morgan fingerprint density at radius 2 is 1.54 bits per heavy atom. The Morgan fingerprint density at radius 3 is 2.11 bits per heavy atom. The van der Waals surface area contributed by atoms with Crippen molar-refractivity contribution >= 4 is 11.8 Å². The second kappa shape index (κ2) is 15.3. The van der Waals surface area contributed by atoms with E-state index in [2.05, 4.69) is 30.9 Å². The van der Waals surface area contributed by atoms with Gasteiger partial charge in [-0.15, -0.1) is 0 Å². The van der Waals surface area contributed by atoms with Crippen LogP contribution in [0.4, 0.5) is 0 Å². The lowest BCUT2D eigenvalue weighted by atomic mass is 10.0. The third kappa shape index (κ3) is 9.50. The molecule has 158 valence electrons. The Bertz CT molecular complexity index is 536. The monoisotopic (exact) mass is 389 g/mol. The lowest BCUT2D eigenvalue weighted by molar-refractivity contribution is -0.154. The summed E-state index contributed by atoms with van der Waals surface area (Å²) in [5, 5.41) is 0. The van der Waals surface area contributed by atoms with Crippen LogP contribution in [0.25, 0.3) is 0 Å². The van der Waals surface area contributed by atoms with Crippen molar-refractivity contribution in [2.24, 2.45) is 0 Å². The van der Waals surface area contributed by atoms with E-state index in [0.29, 0.717) is 13.0 Å². The molecule has 1 aromatic carbocycles. The second-order valence-electron chi connectivity index (χ2n) is 7.47. The normalized spacial score (nSPS) is 12.1. The Balaban J connectivity index is 2.68. The summed E-state index contributed by atoms with van der Waals surface area (Å²) in [5.74, 6) is -0.344. The maximum atomic E-state index is 13.0. The van der Waals surface area contributed by atoms with Crippen LogP contribution in [0.5, 0.6) is 0 Å². The van der Waals surface area contributed by atoms with Crippen molar-refractivity contribution in [2.45, 2.75) is 84.6 Å². The summed E-state index contributed by atoms with van der Waals surface area (Å²) < 4.78 is 5.39. The van der Waals surface area contributed by atoms with Crippen LogP contribution in [0.1, 0.15) is 77.7 Å². The maximum absolute atomic E-state index is 13.0. The Labute approximate surface area is 171 Å². The van der Waals surface area contributed by atoms with E-state index in [1.54, 1.807) is 0 Å². The third-order valence-electron chi connectivity index (χ3n) is 4.92. The minimum absolute atomic E-state index is 0.0152. The first-order valence-corrected chi connectivity index (χ1v) is 11.1. The van der Waals surface area contributed by atoms with E-state index in [0.717, 1.165) is 64.5 Å². The molecule has 1 rings (SSSR count). The number of nitrogens with zero attached hydrogens (tertiary/aromatic N) is 1. The quantitative estimate of drug-likeness (QED) is 0.222. The Morgan fingerprint density at radius 1 is 0.893 bits per heavy atom. The van der Waals surface area contributed by atoms with Crippen LogP contribution in [0, 0.1) is 0 Å². The van der Waals surface area contributed by atoms with E-state index in [1.807, 2.05) is 25.1 Å². The summed E-state index contributed by atoms with van der Waals surface area (Å²) in [6, 6.07) is 9.59. The highest BCUT2D eigenvalue weighted by Crippen LogP contribution is 2.14. The van der Waals surface area contributed by atoms with Gasteiger partial charge in [0, 0.05) is 6.42 Å². The van der Waals surface area contributed by atoms with Crippen LogP contribution < -0.4 is 0 Å². The number of aryl methyl sites for hydroxylation is 1. The molecule has 4 nitrogen and oxygen atoms in total. The van der Waals surface area contributed by atoms with Crippen molar-refractivity contribution in [3.05, 3.63) is 35.9 Å². The van der Waals surface area contributed by atoms with E-state index in [1.165, 1.54) is 5.56 Å². The van der Waals surface area contributed by atoms with Crippen molar-refractivity contribution in [3.63, 3.8) is 0 Å². The first-order chi connectivity index (χ1) is 13.6. The molecule has 0 amide bonds. The summed E-state index contributed by atoms with van der Waals surface area (Å²) >= 11 is 0. The van der Waals surface area contributed by atoms with E-state index in [9.17, 15) is 9.59 Å². The van der Waals surface area contributed by atoms with Gasteiger partial charge in [-0.25, -0.2) is 4.79 Å². The van der Waals surface area contributed by atoms with Crippen LogP contribution in [-0.4, -0.2) is 42.4 Å². The number of carbonyl (C=O) groups is 2. The van der Waals surface area contributed by atoms with Crippen molar-refractivity contribution in [3.8, 4) is 0 Å². The summed E-state index contributed by atoms with van der Waals surface area (Å²) in [7, 11) is 0. The summed E-state index contributed by atoms with van der Waals surface area (Å²) in [4.78, 5) is 27.7. The third-order valence-corrected chi connectivity index (χ3v) is 4.92. The van der Waals surface area contributed by atoms with Gasteiger partial charge < -0.3 is 4.74 Å². The molecule has 1 unspecified atom stereocenters. The fourth-order valence-electron chi connectivity index (χ4n) is 3.27. The van der Waals surface area contributed by atoms with E-state index in [-0.39, 0.29) is 11.8 Å². The van der Waals surface area contributed by atoms with Crippen molar-refractivity contribution < 1.29 is 14.3 Å². The number of esters is 1. The smallest absolute Gasteiger partial charge is 0.331 e. The number of hydrogen-bond donors (Lipinski definition) is 0. The number of hydrogen-bond acceptors (Lipinski definition) is 4. The molecule has 0 aliphatic rings. The number of benzene rings is 1. The van der Waals surface area contributed by atoms with E-state index in [4.69, 9.17) is 4.74 Å². The molecular weight excluding hydrogens is 350 g/mol. The van der Waals surface area contributed by atoms with Crippen LogP contribution in [0.3, 0.4) is 0 Å². The first-order valence-electron chi connectivity index (χ1n) is 11.1. The average Bonchev–Trinajstić information content (AvgIpc) is 2.72. The van der Waals surface area contributed by atoms with E-state index < -0.39 is 6.04 Å². The zero-order valence-corrected chi connectivity index (χ0v) is 18.1. The van der Waals surface area contributed by atoms with Crippen LogP contribution in [0.15, 0.2) is 30.3 Å². The van der Waals surface area contributed by atoms with E-state index >= 15 is 0 Å². The van der Waals surface area contributed by atoms with Gasteiger partial charge in [-0.2, -0.15) is 0 Å². The molecule has 1 aromatic rings. The fraction of sp³-hybridized carbons (Fsp3) is 0.667. The summed E-state index contributed by atoms with van der Waals surface area (Å²) in [5.41, 5.74) is 1.29. The fourth-order valence-corrected chi connectivity index (χ4v) is 3.27. The molecule has 0 saturated heterocycles. The molecule has 0 aliphatic carbocycles. The Hall–Kier alpha value is -1.68. The minimum atomic E-state index is -0.735. The number of unbranched alkanes of at least 4 members (excludes halogenated alkanes) is 3. The highest BCUT2D eigenvalue weighted by molar-refractivity contribution is 6.03. The number of rotatable bonds is 16. The van der Waals surface area contributed by atoms with Gasteiger partial charge in [-0.1, -0.05) is 63.9 Å². The number of Topliss-reactive ketones (excluding diaryl/α,β-unsaturated/α-hetero) is 1. The SMILES string of the molecule is CCCCN(CCCC)C(C(=O)CCCCc1ccccc1)C(=O)OCCC. The van der Waals surface area contributed by atoms with Crippen LogP contribution >= 0.6 is 0 Å². The standard InChI is InChI=1S/C24H39NO3/c1-4-7-18-25(19-8-5-2)23(24(27)28-20-6-3)22(26)17-13-12-16-21-14-10-9-11-15-21/h9-11,14-15,23H,4-8,12-13,16-20H2,1-3H3. The first kappa shape index (κ1) is 24.4. The largest absolute Gasteiger partial charge is 0.464 e. The Kier molecular flexibility index (Phi) is 13.3. The lowest BCUT2D eigenvalue weighted by Crippen LogP contribution is -2.48. The molecule has 0 heterocycles. The predicted molar refractivity (Wildman–Crippen MR) is 115 cm³/mol. The molecule has 0 bridgehead atoms. The van der Waals surface area contributed by atoms with Gasteiger partial charge in [0.1, 0.15) is 0 Å². The van der Waals surface area contributed by atoms with Crippen LogP contribution in [-0.2, 0) is 20.7 Å². The maximum Gasteiger partial charge on any atom is 0.331 e. The molecular formula is C24H39NO3. The van der Waals surface area contributed by atoms with Gasteiger partial charge in [0.25, 0.3) is 0 Å². The molecule has 0 spiro atoms. The van der Waals surface area contributed by atoms with Crippen LogP contribution in [0.2, 0.25) is 0 Å². The van der Waals surface area contributed by atoms with Crippen molar-refractivity contribution in [1.29, 1.82) is 0 Å². The molecule has 0 radical (unpaired) electrons. The molecule has 0 N–H and O–H groups in total. The second-order valence-corrected chi connectivity index (χ2v) is 7.47. The summed E-state index contributed by atoms with van der Waals surface area (Å²) in [6.45, 7) is 8.17. The average molecular weight is 390 g/mol. The highest BCUT2D eigenvalue weighted by Gasteiger charge is 2.33. The topological polar surface area (TPSA) is 46.6 Å². The molecule has 0 aromatic heterocycles. The summed E-state index contributed by atoms with van der Waals surface area (Å²) in [6.07, 6.45) is 8.01. The zero-order valence-electron chi connectivity index (χ0n) is 18.1. The molecule has 28 heavy (non-hydrogen) atoms. The molecule has 0 fully saturated rings. The molecule has 4 heteroatoms. The highest BCUT2D eigenvalue weighted by atomic mass is 16.5. The minimum Gasteiger partial charge on any atom is -0.464 e. The molecule has 1 atom stereocenters. The predicted octanol–water partition coefficient (Wildman–Crippen LogP) is 5.19. The van der Waals surface area contributed by atoms with Gasteiger partial charge in [-0.05, 0) is 57.2 Å². The number of ketones is 1. The van der Waals surface area contributed by atoms with Gasteiger partial charge in [0.15, 0.2) is 11.8 Å². The van der Waals surface area contributed by atoms with Crippen molar-refractivity contribution in [2.75, 3.05) is 19.7 Å². The number of carbonyl (C=O) groups excluding carboxylic acids is 2. The van der Waals surface area contributed by atoms with Crippen molar-refractivity contribution in [1.82, 2.24) is 4.90 Å².